The Morgan fingerprint density at radius 2 is 1.74 bits per heavy atom. The van der Waals surface area contributed by atoms with Crippen molar-refractivity contribution < 1.29 is 24.8 Å². The first-order valence-electron chi connectivity index (χ1n) is 6.93. The van der Waals surface area contributed by atoms with E-state index in [1.165, 1.54) is 30.3 Å². The third kappa shape index (κ3) is 2.60. The molecule has 0 bridgehead atoms. The molecule has 0 saturated carbocycles. The van der Waals surface area contributed by atoms with Crippen molar-refractivity contribution >= 4 is 11.0 Å². The van der Waals surface area contributed by atoms with Gasteiger partial charge in [0.1, 0.15) is 28.6 Å². The third-order valence-electron chi connectivity index (χ3n) is 3.58. The van der Waals surface area contributed by atoms with Gasteiger partial charge in [-0.15, -0.1) is 0 Å². The molecule has 1 heterocycles. The fourth-order valence-electron chi connectivity index (χ4n) is 2.48. The van der Waals surface area contributed by atoms with E-state index >= 15 is 0 Å². The van der Waals surface area contributed by atoms with Gasteiger partial charge in [-0.2, -0.15) is 0 Å². The van der Waals surface area contributed by atoms with Crippen LogP contribution in [-0.2, 0) is 6.42 Å². The van der Waals surface area contributed by atoms with E-state index in [-0.39, 0.29) is 58.0 Å². The highest BCUT2D eigenvalue weighted by atomic mass is 16.3. The van der Waals surface area contributed by atoms with Crippen LogP contribution in [0.3, 0.4) is 0 Å². The van der Waals surface area contributed by atoms with Crippen molar-refractivity contribution in [3.05, 3.63) is 52.2 Å². The summed E-state index contributed by atoms with van der Waals surface area (Å²) in [5.74, 6) is -0.337. The average Bonchev–Trinajstić information content (AvgIpc) is 2.50. The highest BCUT2D eigenvalue weighted by Crippen LogP contribution is 2.34. The van der Waals surface area contributed by atoms with Gasteiger partial charge in [-0.25, -0.2) is 0 Å². The van der Waals surface area contributed by atoms with Crippen molar-refractivity contribution in [2.45, 2.75) is 6.42 Å². The number of phenolic OH excluding ortho intramolecular Hbond substituents is 3. The van der Waals surface area contributed by atoms with Gasteiger partial charge in [-0.05, 0) is 24.3 Å². The Labute approximate surface area is 130 Å². The molecule has 0 fully saturated rings. The molecule has 0 saturated heterocycles. The quantitative estimate of drug-likeness (QED) is 0.589. The summed E-state index contributed by atoms with van der Waals surface area (Å²) in [6, 6.07) is 7.96. The molecular formula is C17H14O6. The van der Waals surface area contributed by atoms with Gasteiger partial charge < -0.3 is 24.8 Å². The first-order valence-corrected chi connectivity index (χ1v) is 6.93. The molecule has 0 atom stereocenters. The smallest absolute Gasteiger partial charge is 0.193 e. The Morgan fingerprint density at radius 3 is 2.43 bits per heavy atom. The van der Waals surface area contributed by atoms with Gasteiger partial charge in [0.15, 0.2) is 5.43 Å². The fraction of sp³-hybridized carbons (Fsp3) is 0.118. The number of aromatic hydroxyl groups is 3. The highest BCUT2D eigenvalue weighted by Gasteiger charge is 2.15. The second kappa shape index (κ2) is 5.66. The van der Waals surface area contributed by atoms with Crippen molar-refractivity contribution in [2.75, 3.05) is 6.61 Å². The van der Waals surface area contributed by atoms with Crippen LogP contribution in [0.4, 0.5) is 0 Å². The second-order valence-corrected chi connectivity index (χ2v) is 5.09. The van der Waals surface area contributed by atoms with Crippen LogP contribution in [0.5, 0.6) is 17.2 Å². The minimum absolute atomic E-state index is 0.0817. The molecule has 3 rings (SSSR count). The number of hydrogen-bond donors (Lipinski definition) is 4. The Kier molecular flexibility index (Phi) is 3.67. The summed E-state index contributed by atoms with van der Waals surface area (Å²) in [6.07, 6.45) is 0.122. The molecule has 0 unspecified atom stereocenters. The largest absolute Gasteiger partial charge is 0.508 e. The van der Waals surface area contributed by atoms with E-state index in [1.807, 2.05) is 0 Å². The average molecular weight is 314 g/mol. The van der Waals surface area contributed by atoms with Gasteiger partial charge in [0.25, 0.3) is 0 Å². The molecule has 0 spiro atoms. The molecule has 2 aromatic carbocycles. The van der Waals surface area contributed by atoms with Gasteiger partial charge >= 0.3 is 0 Å². The zero-order chi connectivity index (χ0) is 16.6. The lowest BCUT2D eigenvalue weighted by atomic mass is 10.1. The molecule has 4 N–H and O–H groups in total. The Hall–Kier alpha value is -2.99. The van der Waals surface area contributed by atoms with Gasteiger partial charge in [0, 0.05) is 30.7 Å². The Morgan fingerprint density at radius 1 is 0.957 bits per heavy atom. The van der Waals surface area contributed by atoms with E-state index in [2.05, 4.69) is 0 Å². The summed E-state index contributed by atoms with van der Waals surface area (Å²) in [5.41, 5.74) is 0.379. The summed E-state index contributed by atoms with van der Waals surface area (Å²) >= 11 is 0. The molecule has 0 amide bonds. The predicted octanol–water partition coefficient (Wildman–Crippen LogP) is 2.11. The molecular weight excluding hydrogens is 300 g/mol. The van der Waals surface area contributed by atoms with Crippen molar-refractivity contribution in [1.29, 1.82) is 0 Å². The number of phenols is 3. The van der Waals surface area contributed by atoms with Crippen LogP contribution in [0.25, 0.3) is 22.3 Å². The summed E-state index contributed by atoms with van der Waals surface area (Å²) in [6.45, 7) is -0.217. The van der Waals surface area contributed by atoms with Crippen LogP contribution >= 0.6 is 0 Å². The number of aliphatic hydroxyl groups is 1. The maximum Gasteiger partial charge on any atom is 0.193 e. The van der Waals surface area contributed by atoms with Gasteiger partial charge in [-0.1, -0.05) is 0 Å². The molecule has 0 aliphatic rings. The molecule has 23 heavy (non-hydrogen) atoms. The van der Waals surface area contributed by atoms with Crippen LogP contribution in [0.15, 0.2) is 45.6 Å². The molecule has 1 aromatic heterocycles. The maximum atomic E-state index is 12.3. The molecule has 6 heteroatoms. The summed E-state index contributed by atoms with van der Waals surface area (Å²) < 4.78 is 5.70. The lowest BCUT2D eigenvalue weighted by molar-refractivity contribution is 0.297. The maximum absolute atomic E-state index is 12.3. The Balaban J connectivity index is 2.31. The van der Waals surface area contributed by atoms with Gasteiger partial charge in [0.05, 0.1) is 10.9 Å². The van der Waals surface area contributed by atoms with Crippen LogP contribution in [0.1, 0.15) is 5.56 Å². The van der Waals surface area contributed by atoms with Crippen molar-refractivity contribution in [2.24, 2.45) is 0 Å². The zero-order valence-electron chi connectivity index (χ0n) is 12.0. The van der Waals surface area contributed by atoms with E-state index in [0.717, 1.165) is 6.07 Å². The number of hydrogen-bond acceptors (Lipinski definition) is 6. The van der Waals surface area contributed by atoms with Crippen LogP contribution < -0.4 is 5.43 Å². The fourth-order valence-corrected chi connectivity index (χ4v) is 2.48. The van der Waals surface area contributed by atoms with Crippen LogP contribution in [0.2, 0.25) is 0 Å². The number of aliphatic hydroxyl groups excluding tert-OH is 1. The van der Waals surface area contributed by atoms with Crippen molar-refractivity contribution in [3.63, 3.8) is 0 Å². The topological polar surface area (TPSA) is 111 Å². The third-order valence-corrected chi connectivity index (χ3v) is 3.58. The molecule has 6 nitrogen and oxygen atoms in total. The molecule has 0 radical (unpaired) electrons. The zero-order valence-corrected chi connectivity index (χ0v) is 12.0. The number of rotatable bonds is 3. The van der Waals surface area contributed by atoms with Crippen molar-refractivity contribution in [3.8, 4) is 28.6 Å². The van der Waals surface area contributed by atoms with Crippen LogP contribution in [-0.4, -0.2) is 27.0 Å². The van der Waals surface area contributed by atoms with E-state index in [9.17, 15) is 20.1 Å². The first-order chi connectivity index (χ1) is 11.0. The van der Waals surface area contributed by atoms with Gasteiger partial charge in [-0.3, -0.25) is 4.79 Å². The molecule has 0 aliphatic carbocycles. The van der Waals surface area contributed by atoms with E-state index in [0.29, 0.717) is 5.56 Å². The van der Waals surface area contributed by atoms with E-state index in [4.69, 9.17) is 9.52 Å². The van der Waals surface area contributed by atoms with E-state index < -0.39 is 0 Å². The SMILES string of the molecule is O=c1cc(-c2ccc(O)cc2O)oc2c(CCO)c(O)ccc12. The van der Waals surface area contributed by atoms with E-state index in [1.54, 1.807) is 0 Å². The summed E-state index contributed by atoms with van der Waals surface area (Å²) in [7, 11) is 0. The normalized spacial score (nSPS) is 11.0. The highest BCUT2D eigenvalue weighted by molar-refractivity contribution is 5.84. The molecule has 118 valence electrons. The number of fused-ring (bicyclic) bond motifs is 1. The van der Waals surface area contributed by atoms with Crippen LogP contribution in [0, 0.1) is 0 Å². The van der Waals surface area contributed by atoms with Crippen molar-refractivity contribution in [1.82, 2.24) is 0 Å². The summed E-state index contributed by atoms with van der Waals surface area (Å²) in [5, 5.41) is 38.6. The predicted molar refractivity (Wildman–Crippen MR) is 83.7 cm³/mol. The molecule has 3 aromatic rings. The Bertz CT molecular complexity index is 942. The minimum Gasteiger partial charge on any atom is -0.508 e. The second-order valence-electron chi connectivity index (χ2n) is 5.09. The summed E-state index contributed by atoms with van der Waals surface area (Å²) in [4.78, 5) is 12.3. The molecule has 0 aliphatic heterocycles. The lowest BCUT2D eigenvalue weighted by Crippen LogP contribution is -2.03. The first kappa shape index (κ1) is 14.9. The minimum atomic E-state index is -0.340. The standard InChI is InChI=1S/C17H14O6/c18-6-5-12-13(20)4-3-11-15(22)8-16(23-17(11)12)10-2-1-9(19)7-14(10)21/h1-4,7-8,18-21H,5-6H2. The lowest BCUT2D eigenvalue weighted by Gasteiger charge is -2.09. The monoisotopic (exact) mass is 314 g/mol. The number of benzene rings is 2. The van der Waals surface area contributed by atoms with Gasteiger partial charge in [0.2, 0.25) is 0 Å².